The second-order valence-corrected chi connectivity index (χ2v) is 5.41. The minimum absolute atomic E-state index is 0.0284. The van der Waals surface area contributed by atoms with Crippen LogP contribution in [0.5, 0.6) is 0 Å². The number of halogens is 3. The molecule has 2 amide bonds. The number of likely N-dealkylation sites (tertiary alicyclic amines) is 1. The third kappa shape index (κ3) is 4.22. The molecular formula is C15H18F3N3O2. The van der Waals surface area contributed by atoms with Gasteiger partial charge in [-0.05, 0) is 18.4 Å². The van der Waals surface area contributed by atoms with E-state index in [0.29, 0.717) is 19.4 Å². The number of nitrogens with zero attached hydrogens (tertiary/aromatic N) is 1. The van der Waals surface area contributed by atoms with Crippen molar-refractivity contribution in [3.63, 3.8) is 0 Å². The van der Waals surface area contributed by atoms with Crippen molar-refractivity contribution in [2.45, 2.75) is 31.1 Å². The number of primary amides is 1. The summed E-state index contributed by atoms with van der Waals surface area (Å²) in [5, 5.41) is 2.24. The van der Waals surface area contributed by atoms with Crippen LogP contribution in [0.2, 0.25) is 0 Å². The van der Waals surface area contributed by atoms with Gasteiger partial charge in [0.25, 0.3) is 0 Å². The molecular weight excluding hydrogens is 311 g/mol. The van der Waals surface area contributed by atoms with Gasteiger partial charge in [0.05, 0.1) is 6.54 Å². The molecule has 0 radical (unpaired) electrons. The minimum Gasteiger partial charge on any atom is -0.368 e. The highest BCUT2D eigenvalue weighted by molar-refractivity contribution is 5.88. The first-order chi connectivity index (χ1) is 10.8. The summed E-state index contributed by atoms with van der Waals surface area (Å²) in [6.07, 6.45) is -3.47. The molecule has 0 unspecified atom stereocenters. The van der Waals surface area contributed by atoms with Crippen molar-refractivity contribution in [1.82, 2.24) is 10.2 Å². The minimum atomic E-state index is -4.53. The van der Waals surface area contributed by atoms with Gasteiger partial charge in [-0.15, -0.1) is 0 Å². The lowest BCUT2D eigenvalue weighted by atomic mass is 10.1. The molecule has 23 heavy (non-hydrogen) atoms. The quantitative estimate of drug-likeness (QED) is 0.856. The van der Waals surface area contributed by atoms with Crippen molar-refractivity contribution in [3.05, 3.63) is 35.9 Å². The average Bonchev–Trinajstić information content (AvgIpc) is 2.96. The molecule has 0 bridgehead atoms. The zero-order chi connectivity index (χ0) is 17.0. The van der Waals surface area contributed by atoms with Crippen LogP contribution in [-0.4, -0.2) is 42.0 Å². The number of nitrogens with two attached hydrogens (primary N) is 1. The molecule has 5 nitrogen and oxygen atoms in total. The van der Waals surface area contributed by atoms with Crippen LogP contribution >= 0.6 is 0 Å². The molecule has 8 heteroatoms. The molecule has 1 fully saturated rings. The number of carbonyl (C=O) groups excluding carboxylic acids is 2. The summed E-state index contributed by atoms with van der Waals surface area (Å²) in [5.41, 5.74) is 5.24. The van der Waals surface area contributed by atoms with Crippen molar-refractivity contribution in [2.24, 2.45) is 5.73 Å². The third-order valence-corrected chi connectivity index (χ3v) is 3.82. The Labute approximate surface area is 131 Å². The van der Waals surface area contributed by atoms with E-state index >= 15 is 0 Å². The Hall–Kier alpha value is -2.09. The van der Waals surface area contributed by atoms with E-state index in [-0.39, 0.29) is 5.56 Å². The zero-order valence-electron chi connectivity index (χ0n) is 12.3. The fourth-order valence-electron chi connectivity index (χ4n) is 2.72. The molecule has 1 heterocycles. The number of benzene rings is 1. The highest BCUT2D eigenvalue weighted by Crippen LogP contribution is 2.32. The summed E-state index contributed by atoms with van der Waals surface area (Å²) >= 11 is 0. The Morgan fingerprint density at radius 2 is 1.96 bits per heavy atom. The van der Waals surface area contributed by atoms with Gasteiger partial charge in [-0.2, -0.15) is 13.2 Å². The second kappa shape index (κ2) is 6.99. The Bertz CT molecular complexity index is 563. The molecule has 2 atom stereocenters. The maximum absolute atomic E-state index is 13.2. The van der Waals surface area contributed by atoms with Crippen molar-refractivity contribution in [3.8, 4) is 0 Å². The molecule has 1 aliphatic heterocycles. The van der Waals surface area contributed by atoms with E-state index < -0.39 is 36.6 Å². The number of amides is 2. The Kier molecular flexibility index (Phi) is 5.25. The maximum Gasteiger partial charge on any atom is 0.407 e. The fourth-order valence-corrected chi connectivity index (χ4v) is 2.72. The maximum atomic E-state index is 13.2. The van der Waals surface area contributed by atoms with Gasteiger partial charge in [-0.1, -0.05) is 30.3 Å². The molecule has 0 saturated carbocycles. The van der Waals surface area contributed by atoms with Crippen molar-refractivity contribution in [1.29, 1.82) is 0 Å². The number of alkyl halides is 3. The third-order valence-electron chi connectivity index (χ3n) is 3.82. The Morgan fingerprint density at radius 3 is 2.52 bits per heavy atom. The molecule has 126 valence electrons. The standard InChI is InChI=1S/C15H18F3N3O2/c16-15(17,18)13(10-5-2-1-3-6-10)20-9-12(22)21-8-4-7-11(21)14(19)23/h1-3,5-6,11,13,20H,4,7-9H2,(H2,19,23)/t11-,13+/m0/s1. The lowest BCUT2D eigenvalue weighted by molar-refractivity contribution is -0.159. The van der Waals surface area contributed by atoms with Crippen LogP contribution in [-0.2, 0) is 9.59 Å². The predicted octanol–water partition coefficient (Wildman–Crippen LogP) is 1.36. The van der Waals surface area contributed by atoms with Crippen molar-refractivity contribution < 1.29 is 22.8 Å². The summed E-state index contributed by atoms with van der Waals surface area (Å²) in [4.78, 5) is 24.6. The van der Waals surface area contributed by atoms with Crippen LogP contribution in [0, 0.1) is 0 Å². The molecule has 0 spiro atoms. The van der Waals surface area contributed by atoms with Crippen molar-refractivity contribution in [2.75, 3.05) is 13.1 Å². The van der Waals surface area contributed by atoms with Gasteiger partial charge >= 0.3 is 6.18 Å². The summed E-state index contributed by atoms with van der Waals surface area (Å²) in [6.45, 7) is -0.182. The molecule has 1 aliphatic rings. The van der Waals surface area contributed by atoms with E-state index in [1.54, 1.807) is 6.07 Å². The van der Waals surface area contributed by atoms with Gasteiger partial charge in [0.2, 0.25) is 11.8 Å². The molecule has 2 rings (SSSR count). The average molecular weight is 329 g/mol. The normalized spacial score (nSPS) is 19.6. The summed E-state index contributed by atoms with van der Waals surface area (Å²) in [5.74, 6) is -1.19. The molecule has 3 N–H and O–H groups in total. The smallest absolute Gasteiger partial charge is 0.368 e. The van der Waals surface area contributed by atoms with Crippen LogP contribution in [0.15, 0.2) is 30.3 Å². The van der Waals surface area contributed by atoms with E-state index in [1.807, 2.05) is 0 Å². The van der Waals surface area contributed by atoms with Crippen LogP contribution in [0.25, 0.3) is 0 Å². The number of nitrogens with one attached hydrogen (secondary N) is 1. The predicted molar refractivity (Wildman–Crippen MR) is 77.2 cm³/mol. The summed E-state index contributed by atoms with van der Waals surface area (Å²) < 4.78 is 39.5. The lowest BCUT2D eigenvalue weighted by Crippen LogP contribution is -2.48. The van der Waals surface area contributed by atoms with E-state index in [4.69, 9.17) is 5.73 Å². The van der Waals surface area contributed by atoms with Gasteiger partial charge in [0, 0.05) is 6.54 Å². The Balaban J connectivity index is 2.04. The van der Waals surface area contributed by atoms with Crippen LogP contribution < -0.4 is 11.1 Å². The number of rotatable bonds is 5. The largest absolute Gasteiger partial charge is 0.407 e. The van der Waals surface area contributed by atoms with Gasteiger partial charge in [0.1, 0.15) is 12.1 Å². The monoisotopic (exact) mass is 329 g/mol. The summed E-state index contributed by atoms with van der Waals surface area (Å²) in [6, 6.07) is 4.63. The van der Waals surface area contributed by atoms with Gasteiger partial charge in [-0.3, -0.25) is 14.9 Å². The fraction of sp³-hybridized carbons (Fsp3) is 0.467. The SMILES string of the molecule is NC(=O)[C@@H]1CCCN1C(=O)CN[C@H](c1ccccc1)C(F)(F)F. The van der Waals surface area contributed by atoms with Crippen LogP contribution in [0.3, 0.4) is 0 Å². The van der Waals surface area contributed by atoms with E-state index in [0.717, 1.165) is 0 Å². The topological polar surface area (TPSA) is 75.4 Å². The molecule has 0 aliphatic carbocycles. The number of hydrogen-bond acceptors (Lipinski definition) is 3. The second-order valence-electron chi connectivity index (χ2n) is 5.41. The lowest BCUT2D eigenvalue weighted by Gasteiger charge is -2.25. The molecule has 0 aromatic heterocycles. The Morgan fingerprint density at radius 1 is 1.30 bits per heavy atom. The first-order valence-corrected chi connectivity index (χ1v) is 7.24. The van der Waals surface area contributed by atoms with Gasteiger partial charge in [0.15, 0.2) is 0 Å². The molecule has 1 aromatic rings. The summed E-state index contributed by atoms with van der Waals surface area (Å²) in [7, 11) is 0. The van der Waals surface area contributed by atoms with Crippen LogP contribution in [0.4, 0.5) is 13.2 Å². The highest BCUT2D eigenvalue weighted by Gasteiger charge is 2.41. The molecule has 1 saturated heterocycles. The van der Waals surface area contributed by atoms with E-state index in [2.05, 4.69) is 5.32 Å². The van der Waals surface area contributed by atoms with Crippen molar-refractivity contribution >= 4 is 11.8 Å². The first kappa shape index (κ1) is 17.3. The number of carbonyl (C=O) groups is 2. The van der Waals surface area contributed by atoms with Gasteiger partial charge in [-0.25, -0.2) is 0 Å². The van der Waals surface area contributed by atoms with E-state index in [9.17, 15) is 22.8 Å². The van der Waals surface area contributed by atoms with Crippen LogP contribution in [0.1, 0.15) is 24.4 Å². The zero-order valence-corrected chi connectivity index (χ0v) is 12.3. The van der Waals surface area contributed by atoms with E-state index in [1.165, 1.54) is 29.2 Å². The number of hydrogen-bond donors (Lipinski definition) is 2. The van der Waals surface area contributed by atoms with Gasteiger partial charge < -0.3 is 10.6 Å². The first-order valence-electron chi connectivity index (χ1n) is 7.24. The molecule has 1 aromatic carbocycles. The highest BCUT2D eigenvalue weighted by atomic mass is 19.4.